The number of ether oxygens (including phenoxy) is 2. The van der Waals surface area contributed by atoms with E-state index in [2.05, 4.69) is 31.0 Å². The van der Waals surface area contributed by atoms with Gasteiger partial charge in [0.05, 0.1) is 14.2 Å². The van der Waals surface area contributed by atoms with Crippen molar-refractivity contribution in [3.8, 4) is 11.5 Å². The van der Waals surface area contributed by atoms with E-state index in [9.17, 15) is 0 Å². The van der Waals surface area contributed by atoms with E-state index in [4.69, 9.17) is 9.47 Å². The Balaban J connectivity index is 2.60. The molecule has 0 heterocycles. The minimum Gasteiger partial charge on any atom is -0.493 e. The normalized spacial score (nSPS) is 10.6. The van der Waals surface area contributed by atoms with Crippen LogP contribution >= 0.6 is 0 Å². The summed E-state index contributed by atoms with van der Waals surface area (Å²) in [6.07, 6.45) is 2.24. The van der Waals surface area contributed by atoms with Crippen molar-refractivity contribution < 1.29 is 9.47 Å². The van der Waals surface area contributed by atoms with Crippen LogP contribution in [-0.4, -0.2) is 39.3 Å². The molecule has 0 amide bonds. The number of methoxy groups -OCH3 is 2. The van der Waals surface area contributed by atoms with E-state index in [1.165, 1.54) is 12.0 Å². The Morgan fingerprint density at radius 1 is 1.06 bits per heavy atom. The van der Waals surface area contributed by atoms with E-state index in [0.717, 1.165) is 31.0 Å². The Morgan fingerprint density at radius 2 is 1.76 bits per heavy atom. The quantitative estimate of drug-likeness (QED) is 0.727. The Bertz CT molecular complexity index is 339. The summed E-state index contributed by atoms with van der Waals surface area (Å²) in [5.41, 5.74) is 1.28. The summed E-state index contributed by atoms with van der Waals surface area (Å²) in [6, 6.07) is 6.12. The lowest BCUT2D eigenvalue weighted by Crippen LogP contribution is -2.21. The number of likely N-dealkylation sites (N-methyl/N-ethyl adjacent to an activating group) is 1. The zero-order valence-corrected chi connectivity index (χ0v) is 11.3. The summed E-state index contributed by atoms with van der Waals surface area (Å²) in [4.78, 5) is 2.34. The van der Waals surface area contributed by atoms with Gasteiger partial charge in [-0.15, -0.1) is 0 Å². The minimum absolute atomic E-state index is 0.790. The average Bonchev–Trinajstić information content (AvgIpc) is 2.36. The molecule has 0 N–H and O–H groups in total. The molecule has 0 spiro atoms. The Morgan fingerprint density at radius 3 is 2.35 bits per heavy atom. The predicted octanol–water partition coefficient (Wildman–Crippen LogP) is 2.59. The molecular weight excluding hydrogens is 214 g/mol. The standard InChI is InChI=1S/C14H23NO2/c1-5-9-15(2)10-8-12-6-7-13(16-3)14(11-12)17-4/h6-7,11H,5,8-10H2,1-4H3. The lowest BCUT2D eigenvalue weighted by Gasteiger charge is -2.16. The van der Waals surface area contributed by atoms with E-state index < -0.39 is 0 Å². The summed E-state index contributed by atoms with van der Waals surface area (Å²) >= 11 is 0. The highest BCUT2D eigenvalue weighted by Crippen LogP contribution is 2.27. The summed E-state index contributed by atoms with van der Waals surface area (Å²) in [6.45, 7) is 4.42. The van der Waals surface area contributed by atoms with Gasteiger partial charge in [0.1, 0.15) is 0 Å². The highest BCUT2D eigenvalue weighted by atomic mass is 16.5. The van der Waals surface area contributed by atoms with Crippen molar-refractivity contribution in [2.75, 3.05) is 34.4 Å². The van der Waals surface area contributed by atoms with Gasteiger partial charge in [0.15, 0.2) is 11.5 Å². The fourth-order valence-corrected chi connectivity index (χ4v) is 1.85. The Hall–Kier alpha value is -1.22. The van der Waals surface area contributed by atoms with Gasteiger partial charge in [-0.2, -0.15) is 0 Å². The number of hydrogen-bond donors (Lipinski definition) is 0. The fourth-order valence-electron chi connectivity index (χ4n) is 1.85. The molecule has 17 heavy (non-hydrogen) atoms. The van der Waals surface area contributed by atoms with Crippen molar-refractivity contribution in [2.45, 2.75) is 19.8 Å². The van der Waals surface area contributed by atoms with Gasteiger partial charge in [0.2, 0.25) is 0 Å². The molecule has 0 saturated heterocycles. The number of hydrogen-bond acceptors (Lipinski definition) is 3. The second-order valence-corrected chi connectivity index (χ2v) is 4.24. The molecule has 0 bridgehead atoms. The van der Waals surface area contributed by atoms with Gasteiger partial charge >= 0.3 is 0 Å². The molecular formula is C14H23NO2. The second kappa shape index (κ2) is 7.17. The lowest BCUT2D eigenvalue weighted by molar-refractivity contribution is 0.337. The van der Waals surface area contributed by atoms with E-state index in [1.54, 1.807) is 14.2 Å². The highest BCUT2D eigenvalue weighted by Gasteiger charge is 2.05. The monoisotopic (exact) mass is 237 g/mol. The third-order valence-corrected chi connectivity index (χ3v) is 2.84. The number of rotatable bonds is 7. The molecule has 96 valence electrons. The third-order valence-electron chi connectivity index (χ3n) is 2.84. The van der Waals surface area contributed by atoms with Gasteiger partial charge in [0, 0.05) is 6.54 Å². The Kier molecular flexibility index (Phi) is 5.84. The number of nitrogens with zero attached hydrogens (tertiary/aromatic N) is 1. The van der Waals surface area contributed by atoms with Gasteiger partial charge < -0.3 is 14.4 Å². The molecule has 0 aromatic heterocycles. The second-order valence-electron chi connectivity index (χ2n) is 4.24. The van der Waals surface area contributed by atoms with E-state index in [0.29, 0.717) is 0 Å². The first-order valence-corrected chi connectivity index (χ1v) is 6.10. The average molecular weight is 237 g/mol. The molecule has 0 radical (unpaired) electrons. The molecule has 0 atom stereocenters. The van der Waals surface area contributed by atoms with Crippen LogP contribution in [0.25, 0.3) is 0 Å². The molecule has 0 aliphatic rings. The van der Waals surface area contributed by atoms with Crippen molar-refractivity contribution in [3.05, 3.63) is 23.8 Å². The van der Waals surface area contributed by atoms with E-state index in [1.807, 2.05) is 6.07 Å². The molecule has 0 aliphatic carbocycles. The molecule has 1 aromatic carbocycles. The topological polar surface area (TPSA) is 21.7 Å². The van der Waals surface area contributed by atoms with Crippen LogP contribution in [0.3, 0.4) is 0 Å². The molecule has 1 aromatic rings. The number of benzene rings is 1. The fraction of sp³-hybridized carbons (Fsp3) is 0.571. The van der Waals surface area contributed by atoms with E-state index in [-0.39, 0.29) is 0 Å². The lowest BCUT2D eigenvalue weighted by atomic mass is 10.1. The zero-order valence-electron chi connectivity index (χ0n) is 11.3. The molecule has 3 nitrogen and oxygen atoms in total. The maximum atomic E-state index is 5.29. The van der Waals surface area contributed by atoms with Gasteiger partial charge in [-0.05, 0) is 44.1 Å². The molecule has 0 aliphatic heterocycles. The van der Waals surface area contributed by atoms with Gasteiger partial charge in [-0.1, -0.05) is 13.0 Å². The molecule has 0 unspecified atom stereocenters. The zero-order chi connectivity index (χ0) is 12.7. The van der Waals surface area contributed by atoms with Crippen molar-refractivity contribution in [2.24, 2.45) is 0 Å². The minimum atomic E-state index is 0.790. The summed E-state index contributed by atoms with van der Waals surface area (Å²) in [5.74, 6) is 1.60. The smallest absolute Gasteiger partial charge is 0.160 e. The maximum Gasteiger partial charge on any atom is 0.160 e. The van der Waals surface area contributed by atoms with Crippen LogP contribution in [0.4, 0.5) is 0 Å². The summed E-state index contributed by atoms with van der Waals surface area (Å²) < 4.78 is 10.5. The SMILES string of the molecule is CCCN(C)CCc1ccc(OC)c(OC)c1. The van der Waals surface area contributed by atoms with Crippen LogP contribution in [-0.2, 0) is 6.42 Å². The van der Waals surface area contributed by atoms with Crippen LogP contribution in [0.2, 0.25) is 0 Å². The van der Waals surface area contributed by atoms with Crippen LogP contribution in [0, 0.1) is 0 Å². The molecule has 1 rings (SSSR count). The van der Waals surface area contributed by atoms with E-state index >= 15 is 0 Å². The van der Waals surface area contributed by atoms with Crippen LogP contribution < -0.4 is 9.47 Å². The Labute approximate surface area is 104 Å². The first-order valence-electron chi connectivity index (χ1n) is 6.10. The third kappa shape index (κ3) is 4.27. The van der Waals surface area contributed by atoms with Crippen molar-refractivity contribution in [1.82, 2.24) is 4.90 Å². The first-order chi connectivity index (χ1) is 8.21. The maximum absolute atomic E-state index is 5.29. The largest absolute Gasteiger partial charge is 0.493 e. The van der Waals surface area contributed by atoms with Gasteiger partial charge in [-0.3, -0.25) is 0 Å². The van der Waals surface area contributed by atoms with Crippen molar-refractivity contribution >= 4 is 0 Å². The van der Waals surface area contributed by atoms with Crippen molar-refractivity contribution in [1.29, 1.82) is 0 Å². The summed E-state index contributed by atoms with van der Waals surface area (Å²) in [5, 5.41) is 0. The molecule has 0 fully saturated rings. The van der Waals surface area contributed by atoms with Crippen LogP contribution in [0.1, 0.15) is 18.9 Å². The first kappa shape index (κ1) is 13.8. The highest BCUT2D eigenvalue weighted by molar-refractivity contribution is 5.42. The predicted molar refractivity (Wildman–Crippen MR) is 71.0 cm³/mol. The summed E-state index contributed by atoms with van der Waals surface area (Å²) in [7, 11) is 5.49. The van der Waals surface area contributed by atoms with Gasteiger partial charge in [-0.25, -0.2) is 0 Å². The van der Waals surface area contributed by atoms with Crippen molar-refractivity contribution in [3.63, 3.8) is 0 Å². The van der Waals surface area contributed by atoms with Crippen LogP contribution in [0.15, 0.2) is 18.2 Å². The van der Waals surface area contributed by atoms with Gasteiger partial charge in [0.25, 0.3) is 0 Å². The molecule has 3 heteroatoms. The van der Waals surface area contributed by atoms with Crippen LogP contribution in [0.5, 0.6) is 11.5 Å². The molecule has 0 saturated carbocycles.